The maximum Gasteiger partial charge on any atom is 0.185 e. The zero-order valence-electron chi connectivity index (χ0n) is 9.95. The maximum atomic E-state index is 11.8. The van der Waals surface area contributed by atoms with Crippen molar-refractivity contribution in [3.63, 3.8) is 0 Å². The van der Waals surface area contributed by atoms with Gasteiger partial charge in [0, 0.05) is 17.2 Å². The Kier molecular flexibility index (Phi) is 3.52. The van der Waals surface area contributed by atoms with Crippen molar-refractivity contribution in [1.82, 2.24) is 0 Å². The fraction of sp³-hybridized carbons (Fsp3) is 0. The number of rotatable bonds is 3. The van der Waals surface area contributed by atoms with Crippen molar-refractivity contribution in [1.29, 1.82) is 0 Å². The van der Waals surface area contributed by atoms with Gasteiger partial charge in [-0.2, -0.15) is 0 Å². The number of allylic oxidation sites excluding steroid dienone is 1. The molecule has 2 aromatic carbocycles. The third-order valence-corrected chi connectivity index (χ3v) is 2.56. The number of hydrogen-bond acceptors (Lipinski definition) is 4. The minimum Gasteiger partial charge on any atom is -0.508 e. The predicted molar refractivity (Wildman–Crippen MR) is 71.2 cm³/mol. The Hall–Kier alpha value is -2.75. The summed E-state index contributed by atoms with van der Waals surface area (Å²) < 4.78 is 0. The fourth-order valence-corrected chi connectivity index (χ4v) is 1.59. The van der Waals surface area contributed by atoms with E-state index in [1.165, 1.54) is 42.5 Å². The molecule has 96 valence electrons. The highest BCUT2D eigenvalue weighted by atomic mass is 16.3. The molecule has 0 aliphatic rings. The Labute approximate surface area is 109 Å². The highest BCUT2D eigenvalue weighted by Crippen LogP contribution is 2.23. The molecule has 0 aliphatic heterocycles. The van der Waals surface area contributed by atoms with Gasteiger partial charge in [-0.25, -0.2) is 0 Å². The highest BCUT2D eigenvalue weighted by molar-refractivity contribution is 6.07. The molecular formula is C15H12O4. The van der Waals surface area contributed by atoms with Crippen molar-refractivity contribution in [2.24, 2.45) is 0 Å². The van der Waals surface area contributed by atoms with Gasteiger partial charge in [0.05, 0.1) is 0 Å². The van der Waals surface area contributed by atoms with Gasteiger partial charge in [-0.15, -0.1) is 0 Å². The molecule has 2 aromatic rings. The first-order valence-corrected chi connectivity index (χ1v) is 5.60. The summed E-state index contributed by atoms with van der Waals surface area (Å²) >= 11 is 0. The zero-order chi connectivity index (χ0) is 13.8. The van der Waals surface area contributed by atoms with E-state index in [0.717, 1.165) is 0 Å². The van der Waals surface area contributed by atoms with Crippen LogP contribution >= 0.6 is 0 Å². The number of hydrogen-bond donors (Lipinski definition) is 3. The first-order chi connectivity index (χ1) is 9.06. The molecular weight excluding hydrogens is 244 g/mol. The van der Waals surface area contributed by atoms with Crippen molar-refractivity contribution in [2.75, 3.05) is 0 Å². The Morgan fingerprint density at radius 1 is 0.947 bits per heavy atom. The van der Waals surface area contributed by atoms with E-state index in [1.807, 2.05) is 0 Å². The quantitative estimate of drug-likeness (QED) is 0.583. The molecule has 0 fully saturated rings. The molecule has 4 nitrogen and oxygen atoms in total. The number of carbonyl (C=O) groups is 1. The lowest BCUT2D eigenvalue weighted by molar-refractivity contribution is 0.104. The highest BCUT2D eigenvalue weighted by Gasteiger charge is 2.03. The minimum absolute atomic E-state index is 0.0201. The summed E-state index contributed by atoms with van der Waals surface area (Å²) in [5.41, 5.74) is 0.779. The number of ketones is 1. The smallest absolute Gasteiger partial charge is 0.185 e. The second-order valence-corrected chi connectivity index (χ2v) is 3.99. The maximum absolute atomic E-state index is 11.8. The molecule has 0 saturated heterocycles. The lowest BCUT2D eigenvalue weighted by atomic mass is 10.1. The van der Waals surface area contributed by atoms with Gasteiger partial charge in [0.25, 0.3) is 0 Å². The Balaban J connectivity index is 2.21. The van der Waals surface area contributed by atoms with Gasteiger partial charge in [0.1, 0.15) is 17.2 Å². The van der Waals surface area contributed by atoms with E-state index >= 15 is 0 Å². The van der Waals surface area contributed by atoms with E-state index < -0.39 is 0 Å². The van der Waals surface area contributed by atoms with Crippen molar-refractivity contribution < 1.29 is 20.1 Å². The molecule has 2 rings (SSSR count). The molecule has 0 bridgehead atoms. The average molecular weight is 256 g/mol. The lowest BCUT2D eigenvalue weighted by Gasteiger charge is -2.00. The van der Waals surface area contributed by atoms with Gasteiger partial charge in [-0.3, -0.25) is 4.79 Å². The number of benzene rings is 2. The summed E-state index contributed by atoms with van der Waals surface area (Å²) in [6, 6.07) is 10.1. The molecule has 0 spiro atoms. The van der Waals surface area contributed by atoms with Crippen LogP contribution in [0.25, 0.3) is 6.08 Å². The first-order valence-electron chi connectivity index (χ1n) is 5.60. The number of aromatic hydroxyl groups is 3. The van der Waals surface area contributed by atoms with E-state index in [0.29, 0.717) is 11.1 Å². The van der Waals surface area contributed by atoms with Gasteiger partial charge < -0.3 is 15.3 Å². The van der Waals surface area contributed by atoms with Crippen LogP contribution in [-0.4, -0.2) is 21.1 Å². The van der Waals surface area contributed by atoms with E-state index in [-0.39, 0.29) is 23.0 Å². The monoisotopic (exact) mass is 256 g/mol. The van der Waals surface area contributed by atoms with Crippen LogP contribution in [0.4, 0.5) is 0 Å². The van der Waals surface area contributed by atoms with E-state index in [1.54, 1.807) is 12.1 Å². The molecule has 0 atom stereocenters. The summed E-state index contributed by atoms with van der Waals surface area (Å²) in [5, 5.41) is 28.0. The molecule has 0 amide bonds. The molecule has 4 heteroatoms. The normalized spacial score (nSPS) is 10.7. The Morgan fingerprint density at radius 2 is 1.68 bits per heavy atom. The van der Waals surface area contributed by atoms with Crippen LogP contribution < -0.4 is 0 Å². The van der Waals surface area contributed by atoms with Crippen molar-refractivity contribution in [3.05, 3.63) is 59.7 Å². The van der Waals surface area contributed by atoms with Crippen molar-refractivity contribution >= 4 is 11.9 Å². The molecule has 0 aromatic heterocycles. The van der Waals surface area contributed by atoms with Crippen LogP contribution in [0.3, 0.4) is 0 Å². The second kappa shape index (κ2) is 5.27. The zero-order valence-corrected chi connectivity index (χ0v) is 9.95. The molecule has 0 aliphatic carbocycles. The summed E-state index contributed by atoms with van der Waals surface area (Å²) in [6.45, 7) is 0. The molecule has 0 unspecified atom stereocenters. The SMILES string of the molecule is O=C(/C=C/c1ccc(O)cc1O)c1cccc(O)c1. The summed E-state index contributed by atoms with van der Waals surface area (Å²) in [6.07, 6.45) is 2.74. The Bertz CT molecular complexity index is 644. The summed E-state index contributed by atoms with van der Waals surface area (Å²) in [4.78, 5) is 11.8. The second-order valence-electron chi connectivity index (χ2n) is 3.99. The lowest BCUT2D eigenvalue weighted by Crippen LogP contribution is -1.93. The standard InChI is InChI=1S/C15H12O4/c16-12-3-1-2-11(8-12)14(18)7-5-10-4-6-13(17)9-15(10)19/h1-9,16-17,19H/b7-5+. The predicted octanol–water partition coefficient (Wildman–Crippen LogP) is 2.70. The van der Waals surface area contributed by atoms with Crippen LogP contribution in [0, 0.1) is 0 Å². The van der Waals surface area contributed by atoms with Crippen molar-refractivity contribution in [3.8, 4) is 17.2 Å². The largest absolute Gasteiger partial charge is 0.508 e. The number of phenolic OH excluding ortho intramolecular Hbond substituents is 3. The first kappa shape index (κ1) is 12.7. The van der Waals surface area contributed by atoms with Gasteiger partial charge in [-0.1, -0.05) is 12.1 Å². The number of carbonyl (C=O) groups excluding carboxylic acids is 1. The fourth-order valence-electron chi connectivity index (χ4n) is 1.59. The summed E-state index contributed by atoms with van der Waals surface area (Å²) in [5.74, 6) is -0.427. The van der Waals surface area contributed by atoms with Gasteiger partial charge in [-0.05, 0) is 36.4 Å². The topological polar surface area (TPSA) is 77.8 Å². The minimum atomic E-state index is -0.289. The molecule has 3 N–H and O–H groups in total. The van der Waals surface area contributed by atoms with Crippen LogP contribution in [0.5, 0.6) is 17.2 Å². The molecule has 0 heterocycles. The van der Waals surface area contributed by atoms with Gasteiger partial charge in [0.15, 0.2) is 5.78 Å². The van der Waals surface area contributed by atoms with Crippen LogP contribution in [0.15, 0.2) is 48.5 Å². The molecule has 0 radical (unpaired) electrons. The average Bonchev–Trinajstić information content (AvgIpc) is 2.37. The van der Waals surface area contributed by atoms with Gasteiger partial charge in [0.2, 0.25) is 0 Å². The number of phenols is 3. The van der Waals surface area contributed by atoms with Crippen molar-refractivity contribution in [2.45, 2.75) is 0 Å². The van der Waals surface area contributed by atoms with E-state index in [9.17, 15) is 15.0 Å². The van der Waals surface area contributed by atoms with Gasteiger partial charge >= 0.3 is 0 Å². The van der Waals surface area contributed by atoms with Crippen LogP contribution in [0.1, 0.15) is 15.9 Å². The third kappa shape index (κ3) is 3.13. The molecule has 0 saturated carbocycles. The summed E-state index contributed by atoms with van der Waals surface area (Å²) in [7, 11) is 0. The van der Waals surface area contributed by atoms with E-state index in [2.05, 4.69) is 0 Å². The van der Waals surface area contributed by atoms with E-state index in [4.69, 9.17) is 5.11 Å². The van der Waals surface area contributed by atoms with Crippen LogP contribution in [0.2, 0.25) is 0 Å². The molecule has 19 heavy (non-hydrogen) atoms. The van der Waals surface area contributed by atoms with Crippen LogP contribution in [-0.2, 0) is 0 Å². The Morgan fingerprint density at radius 3 is 2.37 bits per heavy atom. The third-order valence-electron chi connectivity index (χ3n) is 2.56.